The molecule has 2 rings (SSSR count). The van der Waals surface area contributed by atoms with E-state index in [-0.39, 0.29) is 11.0 Å². The van der Waals surface area contributed by atoms with Crippen molar-refractivity contribution in [3.63, 3.8) is 0 Å². The number of hydrogen-bond acceptors (Lipinski definition) is 5. The molecule has 1 aliphatic rings. The molecule has 0 saturated carbocycles. The molecule has 0 aromatic heterocycles. The van der Waals surface area contributed by atoms with Crippen LogP contribution in [0.15, 0.2) is 29.2 Å². The molecule has 4 N–H and O–H groups in total. The zero-order chi connectivity index (χ0) is 13.7. The van der Waals surface area contributed by atoms with Crippen LogP contribution < -0.4 is 16.0 Å². The number of ether oxygens (including phenoxy) is 1. The molecule has 1 atom stereocenters. The highest BCUT2D eigenvalue weighted by molar-refractivity contribution is 7.89. The van der Waals surface area contributed by atoms with Gasteiger partial charge in [-0.15, -0.1) is 0 Å². The molecule has 1 aliphatic heterocycles. The maximum Gasteiger partial charge on any atom is 0.240 e. The lowest BCUT2D eigenvalue weighted by Gasteiger charge is -2.11. The maximum absolute atomic E-state index is 12.0. The van der Waals surface area contributed by atoms with Gasteiger partial charge in [0.25, 0.3) is 0 Å². The molecule has 1 unspecified atom stereocenters. The molecule has 0 spiro atoms. The van der Waals surface area contributed by atoms with Crippen LogP contribution in [0.4, 0.5) is 5.69 Å². The van der Waals surface area contributed by atoms with Gasteiger partial charge in [0.05, 0.1) is 11.0 Å². The highest BCUT2D eigenvalue weighted by atomic mass is 32.2. The van der Waals surface area contributed by atoms with Crippen LogP contribution in [0.2, 0.25) is 0 Å². The van der Waals surface area contributed by atoms with E-state index in [0.29, 0.717) is 18.7 Å². The van der Waals surface area contributed by atoms with Gasteiger partial charge in [0.15, 0.2) is 0 Å². The lowest BCUT2D eigenvalue weighted by atomic mass is 10.2. The molecule has 0 aliphatic carbocycles. The number of nitrogens with two attached hydrogens (primary N) is 1. The largest absolute Gasteiger partial charge is 0.378 e. The molecule has 106 valence electrons. The number of benzene rings is 1. The van der Waals surface area contributed by atoms with E-state index in [2.05, 4.69) is 10.1 Å². The Hall–Kier alpha value is -1.15. The first-order chi connectivity index (χ1) is 9.12. The standard InChI is InChI=1S/C12H19N3O3S/c13-15-10-3-5-12(6-4-10)19(16,17)14-8-7-11-2-1-9-18-11/h3-6,11,14-15H,1-2,7-9,13H2. The summed E-state index contributed by atoms with van der Waals surface area (Å²) in [5.74, 6) is 5.23. The molecular formula is C12H19N3O3S. The molecular weight excluding hydrogens is 266 g/mol. The highest BCUT2D eigenvalue weighted by Crippen LogP contribution is 2.16. The summed E-state index contributed by atoms with van der Waals surface area (Å²) in [5, 5.41) is 0. The molecule has 0 amide bonds. The maximum atomic E-state index is 12.0. The van der Waals surface area contributed by atoms with Gasteiger partial charge in [-0.2, -0.15) is 0 Å². The predicted molar refractivity (Wildman–Crippen MR) is 73.0 cm³/mol. The third-order valence-corrected chi connectivity index (χ3v) is 4.59. The number of nitrogen functional groups attached to an aromatic ring is 1. The molecule has 1 aromatic carbocycles. The minimum absolute atomic E-state index is 0.187. The zero-order valence-corrected chi connectivity index (χ0v) is 11.4. The van der Waals surface area contributed by atoms with Gasteiger partial charge in [-0.25, -0.2) is 13.1 Å². The number of nitrogens with one attached hydrogen (secondary N) is 2. The zero-order valence-electron chi connectivity index (χ0n) is 10.6. The Bertz CT molecular complexity index is 495. The number of hydrogen-bond donors (Lipinski definition) is 3. The van der Waals surface area contributed by atoms with Gasteiger partial charge in [-0.3, -0.25) is 5.84 Å². The molecule has 19 heavy (non-hydrogen) atoms. The van der Waals surface area contributed by atoms with E-state index >= 15 is 0 Å². The van der Waals surface area contributed by atoms with Crippen LogP contribution in [-0.4, -0.2) is 27.7 Å². The van der Waals surface area contributed by atoms with Gasteiger partial charge in [0.2, 0.25) is 10.0 Å². The summed E-state index contributed by atoms with van der Waals surface area (Å²) >= 11 is 0. The van der Waals surface area contributed by atoms with Crippen molar-refractivity contribution in [2.24, 2.45) is 5.84 Å². The summed E-state index contributed by atoms with van der Waals surface area (Å²) in [6.45, 7) is 1.18. The summed E-state index contributed by atoms with van der Waals surface area (Å²) in [6.07, 6.45) is 2.97. The SMILES string of the molecule is NNc1ccc(S(=O)(=O)NCCC2CCCO2)cc1. The third kappa shape index (κ3) is 3.90. The van der Waals surface area contributed by atoms with Crippen molar-refractivity contribution in [1.82, 2.24) is 4.72 Å². The lowest BCUT2D eigenvalue weighted by molar-refractivity contribution is 0.105. The fourth-order valence-electron chi connectivity index (χ4n) is 2.04. The van der Waals surface area contributed by atoms with E-state index < -0.39 is 10.0 Å². The summed E-state index contributed by atoms with van der Waals surface area (Å²) in [4.78, 5) is 0.235. The second kappa shape index (κ2) is 6.33. The van der Waals surface area contributed by atoms with Gasteiger partial charge >= 0.3 is 0 Å². The van der Waals surface area contributed by atoms with Gasteiger partial charge in [0, 0.05) is 18.8 Å². The summed E-state index contributed by atoms with van der Waals surface area (Å²) in [7, 11) is -3.45. The van der Waals surface area contributed by atoms with E-state index in [9.17, 15) is 8.42 Å². The summed E-state index contributed by atoms with van der Waals surface area (Å²) in [6, 6.07) is 6.27. The minimum atomic E-state index is -3.45. The normalized spacial score (nSPS) is 19.5. The highest BCUT2D eigenvalue weighted by Gasteiger charge is 2.17. The van der Waals surface area contributed by atoms with E-state index in [4.69, 9.17) is 10.6 Å². The second-order valence-electron chi connectivity index (χ2n) is 4.49. The Morgan fingerprint density at radius 1 is 1.32 bits per heavy atom. The van der Waals surface area contributed by atoms with Gasteiger partial charge in [-0.05, 0) is 43.5 Å². The number of anilines is 1. The third-order valence-electron chi connectivity index (χ3n) is 3.11. The fourth-order valence-corrected chi connectivity index (χ4v) is 3.09. The number of sulfonamides is 1. The average Bonchev–Trinajstić information content (AvgIpc) is 2.92. The van der Waals surface area contributed by atoms with Crippen molar-refractivity contribution in [2.45, 2.75) is 30.3 Å². The van der Waals surface area contributed by atoms with Crippen LogP contribution in [0.3, 0.4) is 0 Å². The molecule has 0 bridgehead atoms. The quantitative estimate of drug-likeness (QED) is 0.531. The first-order valence-corrected chi connectivity index (χ1v) is 7.78. The predicted octanol–water partition coefficient (Wildman–Crippen LogP) is 0.820. The second-order valence-corrected chi connectivity index (χ2v) is 6.26. The summed E-state index contributed by atoms with van der Waals surface area (Å²) < 4.78 is 32.0. The molecule has 1 saturated heterocycles. The first-order valence-electron chi connectivity index (χ1n) is 6.30. The Morgan fingerprint density at radius 3 is 2.63 bits per heavy atom. The van der Waals surface area contributed by atoms with Crippen LogP contribution >= 0.6 is 0 Å². The van der Waals surface area contributed by atoms with Crippen molar-refractivity contribution in [2.75, 3.05) is 18.6 Å². The molecule has 1 fully saturated rings. The van der Waals surface area contributed by atoms with Crippen LogP contribution in [0.1, 0.15) is 19.3 Å². The Kier molecular flexibility index (Phi) is 4.76. The van der Waals surface area contributed by atoms with Crippen molar-refractivity contribution >= 4 is 15.7 Å². The smallest absolute Gasteiger partial charge is 0.240 e. The molecule has 6 nitrogen and oxygen atoms in total. The average molecular weight is 285 g/mol. The van der Waals surface area contributed by atoms with Crippen LogP contribution in [0.25, 0.3) is 0 Å². The van der Waals surface area contributed by atoms with E-state index in [1.165, 1.54) is 12.1 Å². The van der Waals surface area contributed by atoms with Crippen molar-refractivity contribution in [1.29, 1.82) is 0 Å². The van der Waals surface area contributed by atoms with Gasteiger partial charge in [-0.1, -0.05) is 0 Å². The summed E-state index contributed by atoms with van der Waals surface area (Å²) in [5.41, 5.74) is 3.12. The van der Waals surface area contributed by atoms with E-state index in [0.717, 1.165) is 19.4 Å². The van der Waals surface area contributed by atoms with Crippen molar-refractivity contribution < 1.29 is 13.2 Å². The molecule has 1 aromatic rings. The van der Waals surface area contributed by atoms with Crippen LogP contribution in [0.5, 0.6) is 0 Å². The Morgan fingerprint density at radius 2 is 2.05 bits per heavy atom. The first kappa shape index (κ1) is 14.3. The van der Waals surface area contributed by atoms with E-state index in [1.807, 2.05) is 0 Å². The minimum Gasteiger partial charge on any atom is -0.378 e. The molecule has 1 heterocycles. The van der Waals surface area contributed by atoms with Crippen molar-refractivity contribution in [3.05, 3.63) is 24.3 Å². The van der Waals surface area contributed by atoms with Crippen LogP contribution in [0, 0.1) is 0 Å². The van der Waals surface area contributed by atoms with E-state index in [1.54, 1.807) is 12.1 Å². The monoisotopic (exact) mass is 285 g/mol. The number of hydrazine groups is 1. The van der Waals surface area contributed by atoms with Gasteiger partial charge < -0.3 is 10.2 Å². The lowest BCUT2D eigenvalue weighted by Crippen LogP contribution is -2.27. The Labute approximate surface area is 113 Å². The number of rotatable bonds is 6. The fraction of sp³-hybridized carbons (Fsp3) is 0.500. The van der Waals surface area contributed by atoms with Crippen LogP contribution in [-0.2, 0) is 14.8 Å². The van der Waals surface area contributed by atoms with Gasteiger partial charge in [0.1, 0.15) is 0 Å². The van der Waals surface area contributed by atoms with Crippen molar-refractivity contribution in [3.8, 4) is 0 Å². The topological polar surface area (TPSA) is 93.5 Å². The Balaban J connectivity index is 1.89. The molecule has 7 heteroatoms. The molecule has 0 radical (unpaired) electrons.